The molecule has 0 amide bonds. The summed E-state index contributed by atoms with van der Waals surface area (Å²) < 4.78 is 50.4. The average molecular weight is 296 g/mol. The fraction of sp³-hybridized carbons (Fsp3) is 0.0714. The van der Waals surface area contributed by atoms with E-state index in [2.05, 4.69) is 0 Å². The van der Waals surface area contributed by atoms with E-state index < -0.39 is 37.9 Å². The van der Waals surface area contributed by atoms with E-state index >= 15 is 0 Å². The Bertz CT molecular complexity index is 755. The number of benzene rings is 2. The Morgan fingerprint density at radius 2 is 1.70 bits per heavy atom. The third kappa shape index (κ3) is 3.08. The molecule has 0 spiro atoms. The highest BCUT2D eigenvalue weighted by atomic mass is 32.2. The van der Waals surface area contributed by atoms with Gasteiger partial charge in [-0.1, -0.05) is 24.3 Å². The maximum Gasteiger partial charge on any atom is 0.188 e. The van der Waals surface area contributed by atoms with Gasteiger partial charge in [-0.05, 0) is 24.3 Å². The summed E-state index contributed by atoms with van der Waals surface area (Å²) in [4.78, 5) is 11.3. The number of rotatable bonds is 4. The normalized spacial score (nSPS) is 11.3. The van der Waals surface area contributed by atoms with Crippen molar-refractivity contribution in [3.63, 3.8) is 0 Å². The summed E-state index contributed by atoms with van der Waals surface area (Å²) in [6.07, 6.45) is 0. The van der Waals surface area contributed by atoms with E-state index in [1.165, 1.54) is 24.3 Å². The third-order valence-electron chi connectivity index (χ3n) is 2.64. The lowest BCUT2D eigenvalue weighted by atomic mass is 10.1. The van der Waals surface area contributed by atoms with E-state index in [1.54, 1.807) is 0 Å². The van der Waals surface area contributed by atoms with Gasteiger partial charge in [0.05, 0.1) is 0 Å². The molecule has 0 bridgehead atoms. The Hall–Kier alpha value is -2.08. The molecule has 6 heteroatoms. The van der Waals surface area contributed by atoms with Gasteiger partial charge in [-0.15, -0.1) is 0 Å². The smallest absolute Gasteiger partial charge is 0.188 e. The number of carbonyl (C=O) groups is 1. The minimum Gasteiger partial charge on any atom is -0.293 e. The second-order valence-corrected chi connectivity index (χ2v) is 6.08. The molecule has 0 saturated heterocycles. The standard InChI is InChI=1S/C14H10F2O3S/c15-11-5-3-4-10(8-11)13(17)9-20(18,19)14-7-2-1-6-12(14)16/h1-8H,9H2. The van der Waals surface area contributed by atoms with Crippen LogP contribution < -0.4 is 0 Å². The molecule has 0 aliphatic carbocycles. The van der Waals surface area contributed by atoms with Crippen LogP contribution in [0.15, 0.2) is 53.4 Å². The summed E-state index contributed by atoms with van der Waals surface area (Å²) in [7, 11) is -4.10. The molecule has 0 saturated carbocycles. The Morgan fingerprint density at radius 3 is 2.35 bits per heavy atom. The first kappa shape index (κ1) is 14.3. The van der Waals surface area contributed by atoms with Gasteiger partial charge in [0.2, 0.25) is 0 Å². The van der Waals surface area contributed by atoms with Crippen LogP contribution in [0.2, 0.25) is 0 Å². The van der Waals surface area contributed by atoms with Gasteiger partial charge >= 0.3 is 0 Å². The van der Waals surface area contributed by atoms with Gasteiger partial charge in [0, 0.05) is 5.56 Å². The number of sulfone groups is 1. The van der Waals surface area contributed by atoms with Crippen LogP contribution in [0, 0.1) is 11.6 Å². The van der Waals surface area contributed by atoms with Gasteiger partial charge in [0.25, 0.3) is 0 Å². The first-order valence-electron chi connectivity index (χ1n) is 5.66. The third-order valence-corrected chi connectivity index (χ3v) is 4.28. The SMILES string of the molecule is O=C(CS(=O)(=O)c1ccccc1F)c1cccc(F)c1. The topological polar surface area (TPSA) is 51.2 Å². The van der Waals surface area contributed by atoms with Crippen molar-refractivity contribution < 1.29 is 22.0 Å². The monoisotopic (exact) mass is 296 g/mol. The number of halogens is 2. The highest BCUT2D eigenvalue weighted by Crippen LogP contribution is 2.17. The van der Waals surface area contributed by atoms with Gasteiger partial charge in [0.1, 0.15) is 22.3 Å². The van der Waals surface area contributed by atoms with Gasteiger partial charge in [-0.2, -0.15) is 0 Å². The predicted octanol–water partition coefficient (Wildman–Crippen LogP) is 2.62. The van der Waals surface area contributed by atoms with E-state index in [1.807, 2.05) is 0 Å². The molecule has 0 aromatic heterocycles. The molecule has 3 nitrogen and oxygen atoms in total. The molecular formula is C14H10F2O3S. The number of Topliss-reactive ketones (excluding diaryl/α,β-unsaturated/α-hetero) is 1. The maximum atomic E-state index is 13.5. The lowest BCUT2D eigenvalue weighted by Gasteiger charge is -2.05. The summed E-state index contributed by atoms with van der Waals surface area (Å²) in [5.41, 5.74) is -0.0649. The molecule has 0 unspecified atom stereocenters. The number of carbonyl (C=O) groups excluding carboxylic acids is 1. The largest absolute Gasteiger partial charge is 0.293 e. The van der Waals surface area contributed by atoms with Gasteiger partial charge < -0.3 is 0 Å². The van der Waals surface area contributed by atoms with Crippen LogP contribution in [0.1, 0.15) is 10.4 Å². The molecule has 2 rings (SSSR count). The molecule has 2 aromatic carbocycles. The molecule has 104 valence electrons. The zero-order valence-corrected chi connectivity index (χ0v) is 11.0. The highest BCUT2D eigenvalue weighted by molar-refractivity contribution is 7.92. The van der Waals surface area contributed by atoms with Crippen LogP contribution >= 0.6 is 0 Å². The fourth-order valence-corrected chi connectivity index (χ4v) is 3.01. The molecular weight excluding hydrogens is 286 g/mol. The molecule has 0 aliphatic heterocycles. The molecule has 2 aromatic rings. The van der Waals surface area contributed by atoms with Crippen LogP contribution in [0.25, 0.3) is 0 Å². The quantitative estimate of drug-likeness (QED) is 0.815. The van der Waals surface area contributed by atoms with Crippen molar-refractivity contribution in [2.24, 2.45) is 0 Å². The molecule has 20 heavy (non-hydrogen) atoms. The average Bonchev–Trinajstić information content (AvgIpc) is 2.38. The van der Waals surface area contributed by atoms with Crippen LogP contribution in [0.3, 0.4) is 0 Å². The van der Waals surface area contributed by atoms with Gasteiger partial charge in [0.15, 0.2) is 15.6 Å². The number of ketones is 1. The van der Waals surface area contributed by atoms with Crippen molar-refractivity contribution in [3.05, 3.63) is 65.7 Å². The summed E-state index contributed by atoms with van der Waals surface area (Å²) in [5, 5.41) is 0. The molecule has 0 radical (unpaired) electrons. The summed E-state index contributed by atoms with van der Waals surface area (Å²) in [6.45, 7) is 0. The van der Waals surface area contributed by atoms with Crippen LogP contribution in [0.5, 0.6) is 0 Å². The summed E-state index contributed by atoms with van der Waals surface area (Å²) in [6, 6.07) is 9.50. The van der Waals surface area contributed by atoms with E-state index in [0.29, 0.717) is 0 Å². The Kier molecular flexibility index (Phi) is 3.94. The minimum atomic E-state index is -4.10. The van der Waals surface area contributed by atoms with Crippen molar-refractivity contribution in [2.45, 2.75) is 4.90 Å². The van der Waals surface area contributed by atoms with Crippen LogP contribution in [-0.4, -0.2) is 20.0 Å². The number of hydrogen-bond donors (Lipinski definition) is 0. The lowest BCUT2D eigenvalue weighted by Crippen LogP contribution is -2.17. The first-order valence-corrected chi connectivity index (χ1v) is 7.31. The van der Waals surface area contributed by atoms with Crippen molar-refractivity contribution in [3.8, 4) is 0 Å². The van der Waals surface area contributed by atoms with E-state index in [9.17, 15) is 22.0 Å². The Balaban J connectivity index is 2.30. The Morgan fingerprint density at radius 1 is 1.00 bits per heavy atom. The summed E-state index contributed by atoms with van der Waals surface area (Å²) >= 11 is 0. The zero-order chi connectivity index (χ0) is 14.8. The van der Waals surface area contributed by atoms with Crippen LogP contribution in [0.4, 0.5) is 8.78 Å². The highest BCUT2D eigenvalue weighted by Gasteiger charge is 2.23. The molecule has 0 atom stereocenters. The lowest BCUT2D eigenvalue weighted by molar-refractivity contribution is 0.102. The first-order chi connectivity index (χ1) is 9.40. The fourth-order valence-electron chi connectivity index (χ4n) is 1.69. The maximum absolute atomic E-state index is 13.5. The van der Waals surface area contributed by atoms with Crippen LogP contribution in [-0.2, 0) is 9.84 Å². The van der Waals surface area contributed by atoms with E-state index in [-0.39, 0.29) is 5.56 Å². The summed E-state index contributed by atoms with van der Waals surface area (Å²) in [5.74, 6) is -3.25. The molecule has 0 heterocycles. The van der Waals surface area contributed by atoms with E-state index in [4.69, 9.17) is 0 Å². The molecule has 0 aliphatic rings. The minimum absolute atomic E-state index is 0.0649. The molecule has 0 fully saturated rings. The number of hydrogen-bond acceptors (Lipinski definition) is 3. The predicted molar refractivity (Wildman–Crippen MR) is 69.2 cm³/mol. The van der Waals surface area contributed by atoms with Crippen molar-refractivity contribution in [2.75, 3.05) is 5.75 Å². The van der Waals surface area contributed by atoms with Gasteiger partial charge in [-0.25, -0.2) is 17.2 Å². The second kappa shape index (κ2) is 5.50. The Labute approximate surface area is 114 Å². The van der Waals surface area contributed by atoms with Crippen molar-refractivity contribution in [1.82, 2.24) is 0 Å². The van der Waals surface area contributed by atoms with Gasteiger partial charge in [-0.3, -0.25) is 4.79 Å². The molecule has 0 N–H and O–H groups in total. The zero-order valence-electron chi connectivity index (χ0n) is 10.2. The van der Waals surface area contributed by atoms with E-state index in [0.717, 1.165) is 24.3 Å². The van der Waals surface area contributed by atoms with Crippen molar-refractivity contribution >= 4 is 15.6 Å². The second-order valence-electron chi connectivity index (χ2n) is 4.12. The van der Waals surface area contributed by atoms with Crippen molar-refractivity contribution in [1.29, 1.82) is 0 Å².